The SMILES string of the molecule is CC1(C)c2ccccc2-c2ccc(-c3nc(-c4ccccc4)nc(-c4cccc(-c5ccc6cc7sc8ccccc8c7cc6c5)c4)n3)cc21.c1ccc(-c2nc(-c3cccc(-c4ccc5cc6c(cc5c4)sc4ccccc46)c3)nc(-c3ccc4oc5ccccc5c4c3)n2)cc1.c1ccc(-c2nc(-c3ccccc3)nc(-c3cccc(-c4cccc(-c5cccc6cc7sc8ccccc8c7cc56)c4)c3)n2)cc1. The predicted octanol–water partition coefficient (Wildman–Crippen LogP) is 36.1. The minimum atomic E-state index is -0.115. The first kappa shape index (κ1) is 86.0. The molecule has 28 aromatic rings. The van der Waals surface area contributed by atoms with Gasteiger partial charge < -0.3 is 4.42 Å². The Labute approximate surface area is 847 Å². The minimum absolute atomic E-state index is 0.115. The third-order valence-corrected chi connectivity index (χ3v) is 31.5. The Hall–Kier alpha value is -18.1. The molecule has 1 aliphatic carbocycles. The molecule has 21 aromatic carbocycles. The van der Waals surface area contributed by atoms with Crippen LogP contribution in [0.4, 0.5) is 0 Å². The molecule has 0 amide bonds. The number of para-hydroxylation sites is 1. The summed E-state index contributed by atoms with van der Waals surface area (Å²) in [4.78, 5) is 45.1. The van der Waals surface area contributed by atoms with Gasteiger partial charge in [-0.25, -0.2) is 44.9 Å². The van der Waals surface area contributed by atoms with E-state index in [4.69, 9.17) is 49.3 Å². The monoisotopic (exact) mass is 1910 g/mol. The van der Waals surface area contributed by atoms with Crippen molar-refractivity contribution in [2.75, 3.05) is 0 Å². The van der Waals surface area contributed by atoms with Crippen LogP contribution in [0.5, 0.6) is 0 Å². The van der Waals surface area contributed by atoms with E-state index in [0.717, 1.165) is 105 Å². The number of hydrogen-bond donors (Lipinski definition) is 0. The maximum atomic E-state index is 6.09. The molecule has 680 valence electrons. The van der Waals surface area contributed by atoms with Crippen molar-refractivity contribution in [3.8, 4) is 158 Å². The van der Waals surface area contributed by atoms with Crippen molar-refractivity contribution in [1.29, 1.82) is 0 Å². The second kappa shape index (κ2) is 35.9. The van der Waals surface area contributed by atoms with Crippen molar-refractivity contribution < 1.29 is 4.42 Å². The summed E-state index contributed by atoms with van der Waals surface area (Å²) in [7, 11) is 0. The zero-order chi connectivity index (χ0) is 96.2. The molecule has 10 nitrogen and oxygen atoms in total. The molecule has 0 unspecified atom stereocenters. The fourth-order valence-corrected chi connectivity index (χ4v) is 24.2. The summed E-state index contributed by atoms with van der Waals surface area (Å²) in [5, 5.41) is 17.5. The van der Waals surface area contributed by atoms with E-state index in [-0.39, 0.29) is 5.41 Å². The molecule has 0 saturated heterocycles. The maximum Gasteiger partial charge on any atom is 0.164 e. The quantitative estimate of drug-likeness (QED) is 0.110. The lowest BCUT2D eigenvalue weighted by molar-refractivity contribution is 0.660. The van der Waals surface area contributed by atoms with E-state index in [1.54, 1.807) is 0 Å². The molecule has 7 heterocycles. The van der Waals surface area contributed by atoms with Crippen LogP contribution in [-0.2, 0) is 5.41 Å². The summed E-state index contributed by atoms with van der Waals surface area (Å²) < 4.78 is 14.0. The van der Waals surface area contributed by atoms with Crippen LogP contribution in [0.3, 0.4) is 0 Å². The average molecular weight is 1910 g/mol. The molecule has 29 rings (SSSR count). The summed E-state index contributed by atoms with van der Waals surface area (Å²) in [6, 6.07) is 165. The average Bonchev–Trinajstić information content (AvgIpc) is 1.57. The molecule has 0 N–H and O–H groups in total. The summed E-state index contributed by atoms with van der Waals surface area (Å²) >= 11 is 5.57. The Morgan fingerprint density at radius 1 is 0.159 bits per heavy atom. The Morgan fingerprint density at radius 3 is 0.959 bits per heavy atom. The minimum Gasteiger partial charge on any atom is -0.456 e. The van der Waals surface area contributed by atoms with Gasteiger partial charge in [-0.3, -0.25) is 0 Å². The molecule has 0 saturated carbocycles. The van der Waals surface area contributed by atoms with Crippen LogP contribution in [0.2, 0.25) is 0 Å². The van der Waals surface area contributed by atoms with Gasteiger partial charge in [0.15, 0.2) is 52.4 Å². The van der Waals surface area contributed by atoms with Crippen LogP contribution in [0.15, 0.2) is 472 Å². The van der Waals surface area contributed by atoms with Gasteiger partial charge in [0.05, 0.1) is 0 Å². The zero-order valence-electron chi connectivity index (χ0n) is 78.6. The molecule has 7 aromatic heterocycles. The number of rotatable bonds is 13. The highest BCUT2D eigenvalue weighted by atomic mass is 32.1. The third-order valence-electron chi connectivity index (χ3n) is 28.1. The van der Waals surface area contributed by atoms with Crippen molar-refractivity contribution >= 4 is 149 Å². The summed E-state index contributed by atoms with van der Waals surface area (Å²) in [6.45, 7) is 4.61. The number of nitrogens with zero attached hydrogens (tertiary/aromatic N) is 9. The fourth-order valence-electron chi connectivity index (χ4n) is 20.8. The Bertz CT molecular complexity index is 9970. The highest BCUT2D eigenvalue weighted by Crippen LogP contribution is 2.51. The molecule has 0 spiro atoms. The van der Waals surface area contributed by atoms with Crippen molar-refractivity contribution in [2.24, 2.45) is 0 Å². The Kier molecular flexibility index (Phi) is 21.3. The normalized spacial score (nSPS) is 12.1. The van der Waals surface area contributed by atoms with Crippen LogP contribution < -0.4 is 0 Å². The Balaban J connectivity index is 0.000000108. The summed E-state index contributed by atoms with van der Waals surface area (Å²) in [5.41, 5.74) is 24.6. The van der Waals surface area contributed by atoms with E-state index in [1.807, 2.05) is 174 Å². The maximum absolute atomic E-state index is 6.09. The van der Waals surface area contributed by atoms with Crippen LogP contribution in [0.25, 0.3) is 273 Å². The number of furan rings is 1. The van der Waals surface area contributed by atoms with E-state index in [0.29, 0.717) is 52.4 Å². The number of aromatic nitrogens is 9. The molecule has 13 heteroatoms. The molecule has 0 radical (unpaired) electrons. The first-order chi connectivity index (χ1) is 71.5. The van der Waals surface area contributed by atoms with E-state index in [1.165, 1.54) is 126 Å². The standard InChI is InChI=1S/C46H31N3S.C43H25N3OS.C43H27N3S/c1-46(2)39-17-8-6-15-35(39)36-22-21-33(26-40(36)46)45-48-43(28-11-4-3-5-12-28)47-44(49-45)32-14-10-13-29(23-32)30-19-20-31-27-42-38(25-34(31)24-30)37-16-7-9-18-41(37)50-42;1-2-9-26(10-3-1)41-44-42(46-43(45-41)31-19-20-38-35(24-31)33-13-4-6-15-37(33)47-38)30-12-8-11-27(21-30)28-17-18-29-23-36-34-14-5-7-16-39(34)48-40(36)25-32(29)22-28;1-3-12-28(13-4-1)41-44-42(29-14-5-2-6-15-29)46-43(45-41)34-20-10-17-31(25-34)30-16-9-18-32(24-30)35-22-11-19-33-26-40-38(27-37(33)35)36-21-7-8-23-39(36)47-40/h3-27H,1-2H3;1-25H;1-27H. The van der Waals surface area contributed by atoms with Crippen molar-refractivity contribution in [2.45, 2.75) is 19.3 Å². The van der Waals surface area contributed by atoms with Gasteiger partial charge in [-0.2, -0.15) is 0 Å². The topological polar surface area (TPSA) is 129 Å². The largest absolute Gasteiger partial charge is 0.456 e. The third kappa shape index (κ3) is 16.1. The van der Waals surface area contributed by atoms with Gasteiger partial charge in [0.25, 0.3) is 0 Å². The zero-order valence-corrected chi connectivity index (χ0v) is 81.1. The molecule has 145 heavy (non-hydrogen) atoms. The van der Waals surface area contributed by atoms with Crippen LogP contribution >= 0.6 is 34.0 Å². The summed E-state index contributed by atoms with van der Waals surface area (Å²) in [5.74, 6) is 5.85. The van der Waals surface area contributed by atoms with Crippen LogP contribution in [0.1, 0.15) is 25.0 Å². The first-order valence-electron chi connectivity index (χ1n) is 48.6. The van der Waals surface area contributed by atoms with Crippen LogP contribution in [0, 0.1) is 0 Å². The molecule has 0 aliphatic heterocycles. The van der Waals surface area contributed by atoms with Gasteiger partial charge >= 0.3 is 0 Å². The van der Waals surface area contributed by atoms with Crippen molar-refractivity contribution in [3.05, 3.63) is 478 Å². The van der Waals surface area contributed by atoms with Crippen molar-refractivity contribution in [3.63, 3.8) is 0 Å². The van der Waals surface area contributed by atoms with E-state index >= 15 is 0 Å². The van der Waals surface area contributed by atoms with E-state index in [9.17, 15) is 0 Å². The van der Waals surface area contributed by atoms with E-state index in [2.05, 4.69) is 341 Å². The second-order valence-electron chi connectivity index (χ2n) is 37.4. The van der Waals surface area contributed by atoms with Gasteiger partial charge in [0.2, 0.25) is 0 Å². The van der Waals surface area contributed by atoms with Gasteiger partial charge in [0, 0.05) is 127 Å². The molecule has 0 atom stereocenters. The Morgan fingerprint density at radius 2 is 0.469 bits per heavy atom. The molecule has 0 bridgehead atoms. The van der Waals surface area contributed by atoms with Crippen molar-refractivity contribution in [1.82, 2.24) is 44.9 Å². The smallest absolute Gasteiger partial charge is 0.164 e. The molecule has 0 fully saturated rings. The lowest BCUT2D eigenvalue weighted by atomic mass is 9.82. The highest BCUT2D eigenvalue weighted by Gasteiger charge is 2.36. The van der Waals surface area contributed by atoms with E-state index < -0.39 is 0 Å². The molecular formula is C132H83N9OS3. The number of hydrogen-bond acceptors (Lipinski definition) is 13. The van der Waals surface area contributed by atoms with Gasteiger partial charge in [0.1, 0.15) is 11.2 Å². The van der Waals surface area contributed by atoms with Gasteiger partial charge in [-0.05, 0) is 220 Å². The molecular weight excluding hydrogens is 1820 g/mol. The van der Waals surface area contributed by atoms with Gasteiger partial charge in [-0.1, -0.05) is 360 Å². The number of thiophene rings is 3. The molecule has 1 aliphatic rings. The van der Waals surface area contributed by atoms with Gasteiger partial charge in [-0.15, -0.1) is 34.0 Å². The predicted molar refractivity (Wildman–Crippen MR) is 606 cm³/mol. The lowest BCUT2D eigenvalue weighted by Crippen LogP contribution is -2.15. The second-order valence-corrected chi connectivity index (χ2v) is 40.7. The highest BCUT2D eigenvalue weighted by molar-refractivity contribution is 7.26. The summed E-state index contributed by atoms with van der Waals surface area (Å²) in [6.07, 6.45) is 0. The number of benzene rings is 21. The van der Waals surface area contributed by atoms with Crippen LogP contribution in [-0.4, -0.2) is 44.9 Å². The lowest BCUT2D eigenvalue weighted by Gasteiger charge is -2.21. The first-order valence-corrected chi connectivity index (χ1v) is 51.1. The number of fused-ring (bicyclic) bond motifs is 18. The fraction of sp³-hybridized carbons (Fsp3) is 0.0227.